The molecule has 0 aromatic carbocycles. The molecule has 3 aromatic heterocycles. The molecule has 0 amide bonds. The topological polar surface area (TPSA) is 76.1 Å². The smallest absolute Gasteiger partial charge is 0.249 e. The molecule has 0 fully saturated rings. The van der Waals surface area contributed by atoms with Gasteiger partial charge < -0.3 is 13.9 Å². The standard InChI is InChI=1S/C15H15Cl2N7O/c1-22-6-10-13(23(2)8-22)19-15(17)24(10)7-12-20-21-14(25-12)9-3-4-11(16)18-5-9/h3-5H,6-8H2,1-2H3. The van der Waals surface area contributed by atoms with E-state index in [1.54, 1.807) is 18.3 Å². The van der Waals surface area contributed by atoms with Gasteiger partial charge in [-0.15, -0.1) is 10.2 Å². The maximum Gasteiger partial charge on any atom is 0.249 e. The molecule has 130 valence electrons. The van der Waals surface area contributed by atoms with Crippen LogP contribution in [-0.4, -0.2) is 50.4 Å². The Balaban J connectivity index is 1.62. The zero-order chi connectivity index (χ0) is 17.6. The number of anilines is 1. The van der Waals surface area contributed by atoms with E-state index >= 15 is 0 Å². The summed E-state index contributed by atoms with van der Waals surface area (Å²) in [5.41, 5.74) is 1.73. The van der Waals surface area contributed by atoms with Crippen LogP contribution in [0.4, 0.5) is 5.82 Å². The van der Waals surface area contributed by atoms with E-state index in [0.29, 0.717) is 34.3 Å². The molecule has 3 aromatic rings. The van der Waals surface area contributed by atoms with Crippen LogP contribution in [0.2, 0.25) is 10.4 Å². The van der Waals surface area contributed by atoms with Crippen molar-refractivity contribution in [1.29, 1.82) is 0 Å². The summed E-state index contributed by atoms with van der Waals surface area (Å²) in [6.45, 7) is 1.91. The maximum atomic E-state index is 6.33. The van der Waals surface area contributed by atoms with Crippen molar-refractivity contribution in [2.24, 2.45) is 0 Å². The Morgan fingerprint density at radius 2 is 2.04 bits per heavy atom. The normalized spacial score (nSPS) is 14.8. The first-order valence-electron chi connectivity index (χ1n) is 7.60. The summed E-state index contributed by atoms with van der Waals surface area (Å²) in [4.78, 5) is 12.7. The van der Waals surface area contributed by atoms with Crippen molar-refractivity contribution < 1.29 is 4.42 Å². The molecular weight excluding hydrogens is 365 g/mol. The van der Waals surface area contributed by atoms with E-state index in [9.17, 15) is 0 Å². The van der Waals surface area contributed by atoms with Crippen molar-refractivity contribution in [1.82, 2.24) is 29.6 Å². The number of halogens is 2. The van der Waals surface area contributed by atoms with Crippen LogP contribution in [0.5, 0.6) is 0 Å². The maximum absolute atomic E-state index is 6.33. The summed E-state index contributed by atoms with van der Waals surface area (Å²) in [7, 11) is 4.03. The number of pyridine rings is 1. The Bertz CT molecular complexity index is 905. The van der Waals surface area contributed by atoms with E-state index in [0.717, 1.165) is 24.7 Å². The molecule has 0 bridgehead atoms. The molecule has 10 heteroatoms. The number of hydrogen-bond donors (Lipinski definition) is 0. The molecule has 0 spiro atoms. The predicted octanol–water partition coefficient (Wildman–Crippen LogP) is 2.52. The fourth-order valence-corrected chi connectivity index (χ4v) is 3.23. The number of aromatic nitrogens is 5. The van der Waals surface area contributed by atoms with Crippen LogP contribution >= 0.6 is 23.2 Å². The minimum absolute atomic E-state index is 0.358. The van der Waals surface area contributed by atoms with E-state index in [-0.39, 0.29) is 0 Å². The van der Waals surface area contributed by atoms with E-state index in [4.69, 9.17) is 27.6 Å². The Hall–Kier alpha value is -2.16. The van der Waals surface area contributed by atoms with Gasteiger partial charge in [-0.25, -0.2) is 9.97 Å². The van der Waals surface area contributed by atoms with Crippen molar-refractivity contribution in [3.05, 3.63) is 40.4 Å². The summed E-state index contributed by atoms with van der Waals surface area (Å²) in [5.74, 6) is 1.71. The summed E-state index contributed by atoms with van der Waals surface area (Å²) < 4.78 is 7.63. The average molecular weight is 380 g/mol. The lowest BCUT2D eigenvalue weighted by Crippen LogP contribution is -2.38. The van der Waals surface area contributed by atoms with Crippen molar-refractivity contribution >= 4 is 29.0 Å². The monoisotopic (exact) mass is 379 g/mol. The predicted molar refractivity (Wildman–Crippen MR) is 93.6 cm³/mol. The Kier molecular flexibility index (Phi) is 4.10. The van der Waals surface area contributed by atoms with Crippen LogP contribution in [-0.2, 0) is 13.1 Å². The first-order chi connectivity index (χ1) is 12.0. The average Bonchev–Trinajstić information content (AvgIpc) is 3.15. The molecule has 1 aliphatic rings. The molecule has 0 saturated carbocycles. The van der Waals surface area contributed by atoms with Crippen LogP contribution in [0, 0.1) is 0 Å². The quantitative estimate of drug-likeness (QED) is 0.647. The van der Waals surface area contributed by atoms with Gasteiger partial charge in [-0.3, -0.25) is 4.90 Å². The fourth-order valence-electron chi connectivity index (χ4n) is 2.87. The van der Waals surface area contributed by atoms with Gasteiger partial charge in [0.15, 0.2) is 5.82 Å². The lowest BCUT2D eigenvalue weighted by atomic mass is 10.3. The summed E-state index contributed by atoms with van der Waals surface area (Å²) in [6.07, 6.45) is 1.59. The Labute approximate surface area is 154 Å². The molecule has 0 atom stereocenters. The highest BCUT2D eigenvalue weighted by molar-refractivity contribution is 6.29. The van der Waals surface area contributed by atoms with Gasteiger partial charge in [0.25, 0.3) is 0 Å². The van der Waals surface area contributed by atoms with Gasteiger partial charge in [0, 0.05) is 19.8 Å². The van der Waals surface area contributed by atoms with Crippen LogP contribution in [0.25, 0.3) is 11.5 Å². The van der Waals surface area contributed by atoms with Gasteiger partial charge in [0.2, 0.25) is 17.1 Å². The summed E-state index contributed by atoms with van der Waals surface area (Å²) in [6, 6.07) is 3.46. The highest BCUT2D eigenvalue weighted by Gasteiger charge is 2.26. The van der Waals surface area contributed by atoms with Gasteiger partial charge in [0.1, 0.15) is 11.7 Å². The number of fused-ring (bicyclic) bond motifs is 1. The van der Waals surface area contributed by atoms with Crippen LogP contribution in [0.3, 0.4) is 0 Å². The SMILES string of the molecule is CN1Cc2c(nc(Cl)n2Cc2nnc(-c3ccc(Cl)nc3)o2)N(C)C1. The van der Waals surface area contributed by atoms with Crippen molar-refractivity contribution in [3.8, 4) is 11.5 Å². The second-order valence-corrected chi connectivity index (χ2v) is 6.69. The molecule has 0 radical (unpaired) electrons. The number of nitrogens with zero attached hydrogens (tertiary/aromatic N) is 7. The molecule has 0 N–H and O–H groups in total. The summed E-state index contributed by atoms with van der Waals surface area (Å²) in [5, 5.41) is 8.99. The van der Waals surface area contributed by atoms with E-state index in [2.05, 4.69) is 30.0 Å². The zero-order valence-electron chi connectivity index (χ0n) is 13.6. The number of imidazole rings is 1. The molecule has 0 saturated heterocycles. The molecule has 25 heavy (non-hydrogen) atoms. The summed E-state index contributed by atoms with van der Waals surface area (Å²) >= 11 is 12.1. The highest BCUT2D eigenvalue weighted by Crippen LogP contribution is 2.29. The van der Waals surface area contributed by atoms with Gasteiger partial charge in [-0.1, -0.05) is 11.6 Å². The van der Waals surface area contributed by atoms with Crippen LogP contribution in [0.15, 0.2) is 22.7 Å². The first kappa shape index (κ1) is 16.3. The van der Waals surface area contributed by atoms with E-state index in [1.807, 2.05) is 18.7 Å². The third kappa shape index (κ3) is 3.08. The molecule has 4 rings (SSSR count). The largest absolute Gasteiger partial charge is 0.419 e. The minimum atomic E-state index is 0.358. The lowest BCUT2D eigenvalue weighted by Gasteiger charge is -2.31. The Morgan fingerprint density at radius 1 is 1.20 bits per heavy atom. The second-order valence-electron chi connectivity index (χ2n) is 5.96. The molecule has 8 nitrogen and oxygen atoms in total. The number of rotatable bonds is 3. The van der Waals surface area contributed by atoms with Crippen molar-refractivity contribution in [2.45, 2.75) is 13.1 Å². The van der Waals surface area contributed by atoms with E-state index in [1.165, 1.54) is 0 Å². The van der Waals surface area contributed by atoms with Crippen molar-refractivity contribution in [3.63, 3.8) is 0 Å². The van der Waals surface area contributed by atoms with Crippen molar-refractivity contribution in [2.75, 3.05) is 25.7 Å². The van der Waals surface area contributed by atoms with Crippen LogP contribution < -0.4 is 4.90 Å². The highest BCUT2D eigenvalue weighted by atomic mass is 35.5. The third-order valence-corrected chi connectivity index (χ3v) is 4.49. The molecule has 0 aliphatic carbocycles. The molecule has 4 heterocycles. The Morgan fingerprint density at radius 3 is 2.80 bits per heavy atom. The zero-order valence-corrected chi connectivity index (χ0v) is 15.2. The first-order valence-corrected chi connectivity index (χ1v) is 8.35. The molecular formula is C15H15Cl2N7O. The fraction of sp³-hybridized carbons (Fsp3) is 0.333. The lowest BCUT2D eigenvalue weighted by molar-refractivity contribution is 0.304. The third-order valence-electron chi connectivity index (χ3n) is 3.97. The molecule has 0 unspecified atom stereocenters. The van der Waals surface area contributed by atoms with E-state index < -0.39 is 0 Å². The van der Waals surface area contributed by atoms with Gasteiger partial charge >= 0.3 is 0 Å². The minimum Gasteiger partial charge on any atom is -0.419 e. The van der Waals surface area contributed by atoms with Gasteiger partial charge in [-0.2, -0.15) is 0 Å². The van der Waals surface area contributed by atoms with Gasteiger partial charge in [-0.05, 0) is 30.8 Å². The van der Waals surface area contributed by atoms with Gasteiger partial charge in [0.05, 0.1) is 17.9 Å². The number of hydrogen-bond acceptors (Lipinski definition) is 7. The molecule has 1 aliphatic heterocycles. The van der Waals surface area contributed by atoms with Crippen LogP contribution in [0.1, 0.15) is 11.6 Å². The second kappa shape index (κ2) is 6.29.